The maximum atomic E-state index is 13.2. The first-order chi connectivity index (χ1) is 14.2. The maximum absolute atomic E-state index is 13.2. The lowest BCUT2D eigenvalue weighted by Gasteiger charge is -2.35. The van der Waals surface area contributed by atoms with E-state index in [1.54, 1.807) is 23.1 Å². The van der Waals surface area contributed by atoms with Crippen LogP contribution in [0.4, 0.5) is 0 Å². The van der Waals surface area contributed by atoms with E-state index in [0.29, 0.717) is 19.0 Å². The van der Waals surface area contributed by atoms with Crippen LogP contribution in [0.1, 0.15) is 47.3 Å². The molecule has 4 rings (SSSR count). The lowest BCUT2D eigenvalue weighted by molar-refractivity contribution is -0.137. The van der Waals surface area contributed by atoms with Crippen LogP contribution < -0.4 is 0 Å². The molecule has 2 aliphatic rings. The standard InChI is InChI=1S/C23H28N2O2S2/c26-22(24-12-4-1-5-13-24)18-10-14-25(15-11-18)23(27)20-8-2-3-9-21(20)29-17-19-7-6-16-28-19/h2-3,6-9,16,18H,1,4-5,10-15,17H2. The van der Waals surface area contributed by atoms with Crippen LogP contribution in [0.5, 0.6) is 0 Å². The van der Waals surface area contributed by atoms with Crippen LogP contribution >= 0.6 is 23.1 Å². The summed E-state index contributed by atoms with van der Waals surface area (Å²) in [6.45, 7) is 3.17. The normalized spacial score (nSPS) is 18.1. The first-order valence-corrected chi connectivity index (χ1v) is 12.4. The smallest absolute Gasteiger partial charge is 0.254 e. The van der Waals surface area contributed by atoms with Gasteiger partial charge in [-0.3, -0.25) is 9.59 Å². The summed E-state index contributed by atoms with van der Waals surface area (Å²) < 4.78 is 0. The Morgan fingerprint density at radius 1 is 0.931 bits per heavy atom. The monoisotopic (exact) mass is 428 g/mol. The third-order valence-electron chi connectivity index (χ3n) is 5.87. The Labute approximate surface area is 181 Å². The van der Waals surface area contributed by atoms with Gasteiger partial charge in [0.05, 0.1) is 5.56 Å². The Morgan fingerprint density at radius 3 is 2.41 bits per heavy atom. The zero-order valence-corrected chi connectivity index (χ0v) is 18.4. The van der Waals surface area contributed by atoms with Crippen molar-refractivity contribution in [2.75, 3.05) is 26.2 Å². The molecular weight excluding hydrogens is 400 g/mol. The molecule has 0 aliphatic carbocycles. The Morgan fingerprint density at radius 2 is 1.69 bits per heavy atom. The third-order valence-corrected chi connectivity index (χ3v) is 8.05. The molecule has 2 aliphatic heterocycles. The second-order valence-electron chi connectivity index (χ2n) is 7.82. The molecule has 0 N–H and O–H groups in total. The second-order valence-corrected chi connectivity index (χ2v) is 9.87. The van der Waals surface area contributed by atoms with E-state index in [0.717, 1.165) is 55.0 Å². The van der Waals surface area contributed by atoms with E-state index in [-0.39, 0.29) is 11.8 Å². The van der Waals surface area contributed by atoms with Crippen LogP contribution in [-0.4, -0.2) is 47.8 Å². The number of amides is 2. The largest absolute Gasteiger partial charge is 0.342 e. The topological polar surface area (TPSA) is 40.6 Å². The van der Waals surface area contributed by atoms with Gasteiger partial charge in [0.2, 0.25) is 5.91 Å². The van der Waals surface area contributed by atoms with Crippen molar-refractivity contribution in [2.24, 2.45) is 5.92 Å². The Balaban J connectivity index is 1.35. The fraction of sp³-hybridized carbons (Fsp3) is 0.478. The highest BCUT2D eigenvalue weighted by Crippen LogP contribution is 2.30. The summed E-state index contributed by atoms with van der Waals surface area (Å²) in [4.78, 5) is 32.3. The van der Waals surface area contributed by atoms with Crippen molar-refractivity contribution in [1.82, 2.24) is 9.80 Å². The molecule has 2 amide bonds. The van der Waals surface area contributed by atoms with Crippen molar-refractivity contribution < 1.29 is 9.59 Å². The lowest BCUT2D eigenvalue weighted by Crippen LogP contribution is -2.45. The SMILES string of the molecule is O=C(c1ccccc1SCc1cccs1)N1CCC(C(=O)N2CCCCC2)CC1. The maximum Gasteiger partial charge on any atom is 0.254 e. The molecule has 2 saturated heterocycles. The first kappa shape index (κ1) is 20.5. The van der Waals surface area contributed by atoms with Gasteiger partial charge in [0, 0.05) is 47.6 Å². The number of piperidine rings is 2. The van der Waals surface area contributed by atoms with E-state index in [2.05, 4.69) is 17.5 Å². The predicted molar refractivity (Wildman–Crippen MR) is 119 cm³/mol. The van der Waals surface area contributed by atoms with E-state index in [9.17, 15) is 9.59 Å². The molecule has 0 unspecified atom stereocenters. The van der Waals surface area contributed by atoms with Gasteiger partial charge in [0.1, 0.15) is 0 Å². The quantitative estimate of drug-likeness (QED) is 0.636. The van der Waals surface area contributed by atoms with Crippen LogP contribution in [0.2, 0.25) is 0 Å². The van der Waals surface area contributed by atoms with Gasteiger partial charge in [0.25, 0.3) is 5.91 Å². The van der Waals surface area contributed by atoms with Crippen molar-refractivity contribution in [3.05, 3.63) is 52.2 Å². The number of benzene rings is 1. The molecule has 0 radical (unpaired) electrons. The van der Waals surface area contributed by atoms with E-state index in [1.165, 1.54) is 11.3 Å². The van der Waals surface area contributed by atoms with Crippen LogP contribution in [0.3, 0.4) is 0 Å². The Bertz CT molecular complexity index is 823. The summed E-state index contributed by atoms with van der Waals surface area (Å²) in [6.07, 6.45) is 5.06. The second kappa shape index (κ2) is 9.81. The predicted octanol–water partition coefficient (Wildman–Crippen LogP) is 4.91. The number of likely N-dealkylation sites (tertiary alicyclic amines) is 2. The number of thiophene rings is 1. The molecule has 0 atom stereocenters. The molecule has 3 heterocycles. The minimum atomic E-state index is 0.0839. The molecule has 154 valence electrons. The van der Waals surface area contributed by atoms with Crippen LogP contribution in [0.25, 0.3) is 0 Å². The van der Waals surface area contributed by atoms with Gasteiger partial charge in [-0.25, -0.2) is 0 Å². The molecule has 0 spiro atoms. The summed E-state index contributed by atoms with van der Waals surface area (Å²) in [5, 5.41) is 2.09. The van der Waals surface area contributed by atoms with Gasteiger partial charge in [-0.2, -0.15) is 0 Å². The van der Waals surface area contributed by atoms with Gasteiger partial charge in [0.15, 0.2) is 0 Å². The summed E-state index contributed by atoms with van der Waals surface area (Å²) >= 11 is 3.47. The number of rotatable bonds is 5. The van der Waals surface area contributed by atoms with Crippen molar-refractivity contribution in [1.29, 1.82) is 0 Å². The molecule has 6 heteroatoms. The number of carbonyl (C=O) groups is 2. The molecule has 1 aromatic heterocycles. The summed E-state index contributed by atoms with van der Waals surface area (Å²) in [5.41, 5.74) is 0.787. The molecule has 29 heavy (non-hydrogen) atoms. The van der Waals surface area contributed by atoms with Gasteiger partial charge in [-0.15, -0.1) is 23.1 Å². The fourth-order valence-corrected chi connectivity index (χ4v) is 6.00. The molecular formula is C23H28N2O2S2. The number of thioether (sulfide) groups is 1. The average molecular weight is 429 g/mol. The molecule has 0 bridgehead atoms. The molecule has 2 fully saturated rings. The van der Waals surface area contributed by atoms with Gasteiger partial charge >= 0.3 is 0 Å². The highest BCUT2D eigenvalue weighted by Gasteiger charge is 2.31. The minimum absolute atomic E-state index is 0.0839. The van der Waals surface area contributed by atoms with Gasteiger partial charge in [-0.1, -0.05) is 18.2 Å². The van der Waals surface area contributed by atoms with Crippen LogP contribution in [-0.2, 0) is 10.5 Å². The van der Waals surface area contributed by atoms with Gasteiger partial charge < -0.3 is 9.80 Å². The van der Waals surface area contributed by atoms with Crippen molar-refractivity contribution in [3.8, 4) is 0 Å². The average Bonchev–Trinajstić information content (AvgIpc) is 3.31. The van der Waals surface area contributed by atoms with Gasteiger partial charge in [-0.05, 0) is 55.7 Å². The molecule has 4 nitrogen and oxygen atoms in total. The van der Waals surface area contributed by atoms with E-state index < -0.39 is 0 Å². The number of hydrogen-bond donors (Lipinski definition) is 0. The molecule has 2 aromatic rings. The number of carbonyl (C=O) groups excluding carboxylic acids is 2. The van der Waals surface area contributed by atoms with Crippen molar-refractivity contribution in [3.63, 3.8) is 0 Å². The van der Waals surface area contributed by atoms with E-state index >= 15 is 0 Å². The molecule has 0 saturated carbocycles. The molecule has 1 aromatic carbocycles. The fourth-order valence-electron chi connectivity index (χ4n) is 4.19. The minimum Gasteiger partial charge on any atom is -0.342 e. The van der Waals surface area contributed by atoms with E-state index in [1.807, 2.05) is 34.1 Å². The zero-order chi connectivity index (χ0) is 20.1. The van der Waals surface area contributed by atoms with Crippen molar-refractivity contribution in [2.45, 2.75) is 42.8 Å². The first-order valence-electron chi connectivity index (χ1n) is 10.5. The van der Waals surface area contributed by atoms with E-state index in [4.69, 9.17) is 0 Å². The van der Waals surface area contributed by atoms with Crippen LogP contribution in [0, 0.1) is 5.92 Å². The summed E-state index contributed by atoms with van der Waals surface area (Å²) in [5.74, 6) is 1.38. The number of hydrogen-bond acceptors (Lipinski definition) is 4. The summed E-state index contributed by atoms with van der Waals surface area (Å²) in [6, 6.07) is 12.1. The Kier molecular flexibility index (Phi) is 6.93. The zero-order valence-electron chi connectivity index (χ0n) is 16.7. The highest BCUT2D eigenvalue weighted by molar-refractivity contribution is 7.98. The Hall–Kier alpha value is -1.79. The van der Waals surface area contributed by atoms with Crippen molar-refractivity contribution >= 4 is 34.9 Å². The number of nitrogens with zero attached hydrogens (tertiary/aromatic N) is 2. The summed E-state index contributed by atoms with van der Waals surface area (Å²) in [7, 11) is 0. The highest BCUT2D eigenvalue weighted by atomic mass is 32.2. The third kappa shape index (κ3) is 5.04. The van der Waals surface area contributed by atoms with Crippen LogP contribution in [0.15, 0.2) is 46.7 Å². The lowest BCUT2D eigenvalue weighted by atomic mass is 9.94.